The van der Waals surface area contributed by atoms with Gasteiger partial charge in [0.1, 0.15) is 0 Å². The van der Waals surface area contributed by atoms with Crippen molar-refractivity contribution in [1.29, 1.82) is 0 Å². The van der Waals surface area contributed by atoms with E-state index >= 15 is 0 Å². The molecule has 0 aliphatic carbocycles. The molecule has 0 saturated carbocycles. The summed E-state index contributed by atoms with van der Waals surface area (Å²) < 4.78 is 0. The first-order valence-corrected chi connectivity index (χ1v) is 4.74. The summed E-state index contributed by atoms with van der Waals surface area (Å²) >= 11 is 5.26. The van der Waals surface area contributed by atoms with Gasteiger partial charge in [-0.15, -0.1) is 0 Å². The largest absolute Gasteiger partial charge is 0.0843 e. The number of hydrogen-bond donors (Lipinski definition) is 0. The van der Waals surface area contributed by atoms with Crippen molar-refractivity contribution >= 4 is 17.1 Å². The Morgan fingerprint density at radius 1 is 1.25 bits per heavy atom. The molecule has 0 aliphatic heterocycles. The Hall–Kier alpha value is -0.690. The minimum absolute atomic E-state index is 1.03. The van der Waals surface area contributed by atoms with E-state index in [0.717, 1.165) is 17.7 Å². The first-order valence-electron chi connectivity index (χ1n) is 4.34. The Balaban J connectivity index is 2.75. The van der Waals surface area contributed by atoms with Crippen molar-refractivity contribution in [2.45, 2.75) is 26.7 Å². The highest BCUT2D eigenvalue weighted by Gasteiger charge is 1.97. The van der Waals surface area contributed by atoms with Gasteiger partial charge in [-0.05, 0) is 18.9 Å². The fraction of sp³-hybridized carbons (Fsp3) is 0.364. The van der Waals surface area contributed by atoms with Crippen molar-refractivity contribution in [1.82, 2.24) is 0 Å². The molecule has 1 rings (SSSR count). The minimum atomic E-state index is 1.03. The predicted octanol–water partition coefficient (Wildman–Crippen LogP) is 3.51. The topological polar surface area (TPSA) is 0 Å². The first kappa shape index (κ1) is 9.40. The molecule has 0 radical (unpaired) electrons. The molecule has 0 spiro atoms. The molecular weight excluding hydrogens is 164 g/mol. The van der Waals surface area contributed by atoms with E-state index < -0.39 is 0 Å². The van der Waals surface area contributed by atoms with E-state index in [1.54, 1.807) is 0 Å². The lowest BCUT2D eigenvalue weighted by Gasteiger charge is -2.01. The van der Waals surface area contributed by atoms with Crippen LogP contribution >= 0.6 is 12.2 Å². The van der Waals surface area contributed by atoms with Gasteiger partial charge in [-0.3, -0.25) is 0 Å². The standard InChI is InChI=1S/C11H14S/c1-3-4-11(12)10-7-5-9(2)6-8-10/h5-8H,3-4H2,1-2H3. The first-order chi connectivity index (χ1) is 5.74. The molecule has 0 aliphatic rings. The summed E-state index contributed by atoms with van der Waals surface area (Å²) in [5.74, 6) is 0. The van der Waals surface area contributed by atoms with Crippen LogP contribution in [0.2, 0.25) is 0 Å². The van der Waals surface area contributed by atoms with Crippen LogP contribution in [0.4, 0.5) is 0 Å². The van der Waals surface area contributed by atoms with Crippen LogP contribution in [0.5, 0.6) is 0 Å². The number of rotatable bonds is 3. The van der Waals surface area contributed by atoms with Gasteiger partial charge in [0.25, 0.3) is 0 Å². The Morgan fingerprint density at radius 2 is 1.83 bits per heavy atom. The molecule has 0 fully saturated rings. The second-order valence-electron chi connectivity index (χ2n) is 3.04. The zero-order valence-corrected chi connectivity index (χ0v) is 8.45. The third-order valence-corrected chi connectivity index (χ3v) is 2.29. The van der Waals surface area contributed by atoms with Crippen LogP contribution in [0, 0.1) is 6.92 Å². The van der Waals surface area contributed by atoms with E-state index in [0.29, 0.717) is 0 Å². The van der Waals surface area contributed by atoms with Crippen LogP contribution in [0.1, 0.15) is 30.9 Å². The molecule has 0 saturated heterocycles. The Morgan fingerprint density at radius 3 is 2.33 bits per heavy atom. The average Bonchev–Trinajstić information content (AvgIpc) is 2.06. The Kier molecular flexibility index (Phi) is 3.42. The number of thiocarbonyl (C=S) groups is 1. The molecule has 0 aromatic heterocycles. The summed E-state index contributed by atoms with van der Waals surface area (Å²) in [6, 6.07) is 8.43. The van der Waals surface area contributed by atoms with E-state index in [-0.39, 0.29) is 0 Å². The van der Waals surface area contributed by atoms with Crippen LogP contribution in [-0.4, -0.2) is 4.86 Å². The normalized spacial score (nSPS) is 9.83. The maximum atomic E-state index is 5.26. The van der Waals surface area contributed by atoms with Gasteiger partial charge in [0, 0.05) is 4.86 Å². The van der Waals surface area contributed by atoms with Crippen LogP contribution < -0.4 is 0 Å². The van der Waals surface area contributed by atoms with E-state index in [2.05, 4.69) is 38.1 Å². The maximum Gasteiger partial charge on any atom is 0.0224 e. The average molecular weight is 178 g/mol. The summed E-state index contributed by atoms with van der Waals surface area (Å²) in [7, 11) is 0. The lowest BCUT2D eigenvalue weighted by Crippen LogP contribution is -1.95. The number of hydrogen-bond acceptors (Lipinski definition) is 1. The van der Waals surface area contributed by atoms with E-state index in [9.17, 15) is 0 Å². The Bertz CT molecular complexity index is 259. The van der Waals surface area contributed by atoms with Gasteiger partial charge in [0.2, 0.25) is 0 Å². The van der Waals surface area contributed by atoms with Crippen LogP contribution in [0.15, 0.2) is 24.3 Å². The lowest BCUT2D eigenvalue weighted by atomic mass is 10.1. The third kappa shape index (κ3) is 2.42. The van der Waals surface area contributed by atoms with Crippen molar-refractivity contribution in [2.75, 3.05) is 0 Å². The van der Waals surface area contributed by atoms with Crippen molar-refractivity contribution in [2.24, 2.45) is 0 Å². The SMILES string of the molecule is CCCC(=S)c1ccc(C)cc1. The smallest absolute Gasteiger partial charge is 0.0224 e. The molecule has 64 valence electrons. The minimum Gasteiger partial charge on any atom is -0.0843 e. The van der Waals surface area contributed by atoms with Crippen molar-refractivity contribution in [3.63, 3.8) is 0 Å². The van der Waals surface area contributed by atoms with Gasteiger partial charge in [0.15, 0.2) is 0 Å². The summed E-state index contributed by atoms with van der Waals surface area (Å²) in [5, 5.41) is 0. The van der Waals surface area contributed by atoms with Gasteiger partial charge in [-0.25, -0.2) is 0 Å². The Labute approximate surface area is 79.6 Å². The zero-order valence-electron chi connectivity index (χ0n) is 7.63. The van der Waals surface area contributed by atoms with Crippen LogP contribution in [0.3, 0.4) is 0 Å². The second-order valence-corrected chi connectivity index (χ2v) is 3.53. The molecule has 0 amide bonds. The lowest BCUT2D eigenvalue weighted by molar-refractivity contribution is 1.00. The maximum absolute atomic E-state index is 5.26. The van der Waals surface area contributed by atoms with Gasteiger partial charge in [0.05, 0.1) is 0 Å². The summed E-state index contributed by atoms with van der Waals surface area (Å²) in [5.41, 5.74) is 2.50. The summed E-state index contributed by atoms with van der Waals surface area (Å²) in [6.45, 7) is 4.24. The van der Waals surface area contributed by atoms with Crippen molar-refractivity contribution in [3.05, 3.63) is 35.4 Å². The highest BCUT2D eigenvalue weighted by atomic mass is 32.1. The molecular formula is C11H14S. The second kappa shape index (κ2) is 4.36. The fourth-order valence-electron chi connectivity index (χ4n) is 1.11. The van der Waals surface area contributed by atoms with Crippen molar-refractivity contribution in [3.8, 4) is 0 Å². The quantitative estimate of drug-likeness (QED) is 0.504. The van der Waals surface area contributed by atoms with Crippen LogP contribution in [0.25, 0.3) is 0 Å². The van der Waals surface area contributed by atoms with E-state index in [1.165, 1.54) is 11.1 Å². The molecule has 0 N–H and O–H groups in total. The van der Waals surface area contributed by atoms with Gasteiger partial charge >= 0.3 is 0 Å². The monoisotopic (exact) mass is 178 g/mol. The zero-order chi connectivity index (χ0) is 8.97. The van der Waals surface area contributed by atoms with Gasteiger partial charge < -0.3 is 0 Å². The highest BCUT2D eigenvalue weighted by molar-refractivity contribution is 7.80. The van der Waals surface area contributed by atoms with Crippen LogP contribution in [-0.2, 0) is 0 Å². The molecule has 0 heterocycles. The predicted molar refractivity (Wildman–Crippen MR) is 57.8 cm³/mol. The molecule has 0 unspecified atom stereocenters. The van der Waals surface area contributed by atoms with Gasteiger partial charge in [-0.1, -0.05) is 55.4 Å². The van der Waals surface area contributed by atoms with E-state index in [1.807, 2.05) is 0 Å². The number of benzene rings is 1. The fourth-order valence-corrected chi connectivity index (χ4v) is 1.45. The van der Waals surface area contributed by atoms with Crippen molar-refractivity contribution < 1.29 is 0 Å². The molecule has 0 bridgehead atoms. The molecule has 12 heavy (non-hydrogen) atoms. The summed E-state index contributed by atoms with van der Waals surface area (Å²) in [4.78, 5) is 1.08. The molecule has 1 heteroatoms. The molecule has 1 aromatic rings. The van der Waals surface area contributed by atoms with E-state index in [4.69, 9.17) is 12.2 Å². The molecule has 1 aromatic carbocycles. The molecule has 0 atom stereocenters. The third-order valence-electron chi connectivity index (χ3n) is 1.85. The number of aryl methyl sites for hydroxylation is 1. The highest BCUT2D eigenvalue weighted by Crippen LogP contribution is 2.08. The molecule has 0 nitrogen and oxygen atoms in total. The summed E-state index contributed by atoms with van der Waals surface area (Å²) in [6.07, 6.45) is 2.16. The van der Waals surface area contributed by atoms with Gasteiger partial charge in [-0.2, -0.15) is 0 Å².